The molecule has 1 saturated heterocycles. The van der Waals surface area contributed by atoms with E-state index >= 15 is 0 Å². The van der Waals surface area contributed by atoms with Crippen molar-refractivity contribution >= 4 is 0 Å². The number of phenols is 1. The van der Waals surface area contributed by atoms with Gasteiger partial charge in [0, 0.05) is 17.5 Å². The molecule has 130 valence electrons. The number of aliphatic hydroxyl groups is 2. The highest BCUT2D eigenvalue weighted by atomic mass is 16.5. The van der Waals surface area contributed by atoms with Crippen LogP contribution in [0.25, 0.3) is 0 Å². The lowest BCUT2D eigenvalue weighted by atomic mass is 9.61. The summed E-state index contributed by atoms with van der Waals surface area (Å²) in [6.07, 6.45) is -1.62. The topological polar surface area (TPSA) is 79.2 Å². The Morgan fingerprint density at radius 3 is 2.80 bits per heavy atom. The zero-order valence-electron chi connectivity index (χ0n) is 14.1. The fourth-order valence-electron chi connectivity index (χ4n) is 5.09. The number of aromatic hydroxyl groups is 1. The van der Waals surface area contributed by atoms with E-state index in [-0.39, 0.29) is 5.75 Å². The van der Waals surface area contributed by atoms with E-state index in [1.807, 2.05) is 25.1 Å². The van der Waals surface area contributed by atoms with Crippen LogP contribution < -0.4 is 4.74 Å². The van der Waals surface area contributed by atoms with Crippen LogP contribution >= 0.6 is 0 Å². The molecule has 0 radical (unpaired) electrons. The summed E-state index contributed by atoms with van der Waals surface area (Å²) in [6.45, 7) is 1.93. The SMILES string of the molecule is COc1cccc2c1[C@@H](O)[C@@]1(O)[C@@H]3Cc4cc(C)cc(O)c4[C@H]1[C@H]2O3. The first-order chi connectivity index (χ1) is 12.0. The van der Waals surface area contributed by atoms with Crippen molar-refractivity contribution in [3.63, 3.8) is 0 Å². The smallest absolute Gasteiger partial charge is 0.131 e. The van der Waals surface area contributed by atoms with Gasteiger partial charge in [0.15, 0.2) is 0 Å². The normalized spacial score (nSPS) is 34.4. The number of phenolic OH excluding ortho intramolecular Hbond substituents is 1. The lowest BCUT2D eigenvalue weighted by Gasteiger charge is -2.45. The molecule has 1 aliphatic heterocycles. The van der Waals surface area contributed by atoms with Crippen LogP contribution in [0.2, 0.25) is 0 Å². The lowest BCUT2D eigenvalue weighted by Crippen LogP contribution is -2.53. The van der Waals surface area contributed by atoms with E-state index in [0.29, 0.717) is 23.3 Å². The van der Waals surface area contributed by atoms with Gasteiger partial charge in [-0.2, -0.15) is 0 Å². The Kier molecular flexibility index (Phi) is 2.89. The standard InChI is InChI=1S/C20H20O5/c1-9-6-10-8-14-20(23)17(15(10)12(21)7-9)18(25-14)11-4-3-5-13(24-2)16(11)19(20)22/h3-7,14,17-19,21-23H,8H2,1-2H3/t14-,17-,18-,19+,20+/m0/s1. The van der Waals surface area contributed by atoms with Gasteiger partial charge in [-0.3, -0.25) is 0 Å². The molecule has 0 aromatic heterocycles. The molecule has 1 fully saturated rings. The van der Waals surface area contributed by atoms with Crippen molar-refractivity contribution in [1.29, 1.82) is 0 Å². The minimum absolute atomic E-state index is 0.158. The highest BCUT2D eigenvalue weighted by Crippen LogP contribution is 2.65. The molecule has 0 amide bonds. The van der Waals surface area contributed by atoms with Crippen LogP contribution in [0.1, 0.15) is 45.9 Å². The number of fused-ring (bicyclic) bond motifs is 3. The molecular weight excluding hydrogens is 320 g/mol. The highest BCUT2D eigenvalue weighted by Gasteiger charge is 2.67. The minimum Gasteiger partial charge on any atom is -0.508 e. The molecule has 5 nitrogen and oxygen atoms in total. The Morgan fingerprint density at radius 2 is 2.04 bits per heavy atom. The third-order valence-electron chi connectivity index (χ3n) is 6.07. The number of hydrogen-bond acceptors (Lipinski definition) is 5. The van der Waals surface area contributed by atoms with Crippen LogP contribution in [0, 0.1) is 6.92 Å². The van der Waals surface area contributed by atoms with E-state index < -0.39 is 29.8 Å². The maximum Gasteiger partial charge on any atom is 0.131 e. The summed E-state index contributed by atoms with van der Waals surface area (Å²) in [5.74, 6) is 0.201. The van der Waals surface area contributed by atoms with Gasteiger partial charge in [-0.05, 0) is 35.7 Å². The maximum atomic E-state index is 11.5. The van der Waals surface area contributed by atoms with Crippen molar-refractivity contribution in [2.45, 2.75) is 43.2 Å². The van der Waals surface area contributed by atoms with E-state index in [0.717, 1.165) is 16.7 Å². The summed E-state index contributed by atoms with van der Waals surface area (Å²) in [4.78, 5) is 0. The zero-order valence-corrected chi connectivity index (χ0v) is 14.1. The number of benzene rings is 2. The maximum absolute atomic E-state index is 11.5. The van der Waals surface area contributed by atoms with Crippen LogP contribution in [-0.2, 0) is 11.2 Å². The Labute approximate surface area is 145 Å². The Morgan fingerprint density at radius 1 is 1.24 bits per heavy atom. The minimum atomic E-state index is -1.48. The fourth-order valence-corrected chi connectivity index (χ4v) is 5.09. The van der Waals surface area contributed by atoms with Crippen LogP contribution in [0.3, 0.4) is 0 Å². The fraction of sp³-hybridized carbons (Fsp3) is 0.400. The van der Waals surface area contributed by atoms with E-state index in [2.05, 4.69) is 0 Å². The van der Waals surface area contributed by atoms with E-state index in [4.69, 9.17) is 9.47 Å². The van der Waals surface area contributed by atoms with Crippen LogP contribution in [-0.4, -0.2) is 34.1 Å². The average molecular weight is 340 g/mol. The molecule has 5 heteroatoms. The second kappa shape index (κ2) is 4.75. The molecule has 2 aromatic rings. The molecule has 1 heterocycles. The molecule has 3 N–H and O–H groups in total. The Hall–Kier alpha value is -2.08. The molecule has 2 aliphatic carbocycles. The van der Waals surface area contributed by atoms with Crippen LogP contribution in [0.15, 0.2) is 30.3 Å². The molecule has 3 aliphatic rings. The van der Waals surface area contributed by atoms with Crippen molar-refractivity contribution in [2.24, 2.45) is 0 Å². The first-order valence-electron chi connectivity index (χ1n) is 8.52. The number of hydrogen-bond donors (Lipinski definition) is 3. The second-order valence-electron chi connectivity index (χ2n) is 7.34. The second-order valence-corrected chi connectivity index (χ2v) is 7.34. The van der Waals surface area contributed by atoms with Crippen LogP contribution in [0.4, 0.5) is 0 Å². The number of aryl methyl sites for hydroxylation is 1. The molecule has 4 bridgehead atoms. The monoisotopic (exact) mass is 340 g/mol. The molecular formula is C20H20O5. The van der Waals surface area contributed by atoms with Crippen molar-refractivity contribution in [1.82, 2.24) is 0 Å². The summed E-state index contributed by atoms with van der Waals surface area (Å²) in [6, 6.07) is 9.27. The molecule has 2 aromatic carbocycles. The molecule has 25 heavy (non-hydrogen) atoms. The Balaban J connectivity index is 1.79. The summed E-state index contributed by atoms with van der Waals surface area (Å²) < 4.78 is 11.6. The molecule has 0 spiro atoms. The van der Waals surface area contributed by atoms with E-state index in [1.54, 1.807) is 19.2 Å². The third-order valence-corrected chi connectivity index (χ3v) is 6.07. The van der Waals surface area contributed by atoms with Gasteiger partial charge in [-0.1, -0.05) is 18.2 Å². The molecule has 5 rings (SSSR count). The summed E-state index contributed by atoms with van der Waals surface area (Å²) in [5, 5.41) is 33.2. The van der Waals surface area contributed by atoms with Gasteiger partial charge in [-0.25, -0.2) is 0 Å². The summed E-state index contributed by atoms with van der Waals surface area (Å²) >= 11 is 0. The van der Waals surface area contributed by atoms with Gasteiger partial charge in [0.25, 0.3) is 0 Å². The van der Waals surface area contributed by atoms with Gasteiger partial charge >= 0.3 is 0 Å². The van der Waals surface area contributed by atoms with Gasteiger partial charge in [0.05, 0.1) is 25.2 Å². The predicted octanol–water partition coefficient (Wildman–Crippen LogP) is 2.27. The zero-order chi connectivity index (χ0) is 17.5. The summed E-state index contributed by atoms with van der Waals surface area (Å²) in [5.41, 5.74) is 2.57. The largest absolute Gasteiger partial charge is 0.508 e. The van der Waals surface area contributed by atoms with E-state index in [1.165, 1.54) is 0 Å². The predicted molar refractivity (Wildman–Crippen MR) is 89.8 cm³/mol. The van der Waals surface area contributed by atoms with Crippen molar-refractivity contribution in [3.05, 3.63) is 58.1 Å². The van der Waals surface area contributed by atoms with E-state index in [9.17, 15) is 15.3 Å². The number of aliphatic hydroxyl groups excluding tert-OH is 1. The first-order valence-corrected chi connectivity index (χ1v) is 8.52. The molecule has 5 atom stereocenters. The van der Waals surface area contributed by atoms with Crippen molar-refractivity contribution < 1.29 is 24.8 Å². The lowest BCUT2D eigenvalue weighted by molar-refractivity contribution is -0.126. The average Bonchev–Trinajstić information content (AvgIpc) is 2.71. The molecule has 0 unspecified atom stereocenters. The third kappa shape index (κ3) is 1.68. The number of rotatable bonds is 1. The first kappa shape index (κ1) is 15.2. The quantitative estimate of drug-likeness (QED) is 0.742. The van der Waals surface area contributed by atoms with Gasteiger partial charge in [0.1, 0.15) is 23.2 Å². The van der Waals surface area contributed by atoms with Gasteiger partial charge in [-0.15, -0.1) is 0 Å². The van der Waals surface area contributed by atoms with Gasteiger partial charge < -0.3 is 24.8 Å². The van der Waals surface area contributed by atoms with Crippen molar-refractivity contribution in [2.75, 3.05) is 7.11 Å². The molecule has 0 saturated carbocycles. The highest BCUT2D eigenvalue weighted by molar-refractivity contribution is 5.57. The Bertz CT molecular complexity index is 892. The van der Waals surface area contributed by atoms with Gasteiger partial charge in [0.2, 0.25) is 0 Å². The summed E-state index contributed by atoms with van der Waals surface area (Å²) in [7, 11) is 1.55. The van der Waals surface area contributed by atoms with Crippen LogP contribution in [0.5, 0.6) is 11.5 Å². The number of methoxy groups -OCH3 is 1. The van der Waals surface area contributed by atoms with Crippen molar-refractivity contribution in [3.8, 4) is 11.5 Å². The number of ether oxygens (including phenoxy) is 2.